The zero-order valence-electron chi connectivity index (χ0n) is 14.4. The number of carbonyl (C=O) groups is 2. The van der Waals surface area contributed by atoms with Crippen molar-refractivity contribution in [3.05, 3.63) is 52.0 Å². The maximum atomic E-state index is 12.5. The number of hydrogen-bond donors (Lipinski definition) is 4. The van der Waals surface area contributed by atoms with E-state index in [9.17, 15) is 24.9 Å². The summed E-state index contributed by atoms with van der Waals surface area (Å²) in [6.07, 6.45) is 1.20. The monoisotopic (exact) mass is 434 g/mol. The van der Waals surface area contributed by atoms with E-state index in [2.05, 4.69) is 21.2 Å². The first-order chi connectivity index (χ1) is 12.8. The van der Waals surface area contributed by atoms with Crippen LogP contribution < -0.4 is 5.32 Å². The van der Waals surface area contributed by atoms with Crippen LogP contribution in [0.5, 0.6) is 17.2 Å². The van der Waals surface area contributed by atoms with Gasteiger partial charge in [-0.1, -0.05) is 22.0 Å². The van der Waals surface area contributed by atoms with Crippen molar-refractivity contribution in [1.82, 2.24) is 10.2 Å². The van der Waals surface area contributed by atoms with E-state index in [-0.39, 0.29) is 23.4 Å². The van der Waals surface area contributed by atoms with Gasteiger partial charge in [-0.3, -0.25) is 9.59 Å². The summed E-state index contributed by atoms with van der Waals surface area (Å²) in [7, 11) is 0. The first kappa shape index (κ1) is 19.0. The third-order valence-electron chi connectivity index (χ3n) is 4.52. The molecule has 0 bridgehead atoms. The fourth-order valence-corrected chi connectivity index (χ4v) is 3.43. The summed E-state index contributed by atoms with van der Waals surface area (Å²) in [6.45, 7) is 0.870. The molecular formula is C19H19BrN2O5. The van der Waals surface area contributed by atoms with Crippen molar-refractivity contribution in [2.45, 2.75) is 18.9 Å². The molecule has 2 amide bonds. The summed E-state index contributed by atoms with van der Waals surface area (Å²) in [5.74, 6) is -2.25. The van der Waals surface area contributed by atoms with Gasteiger partial charge in [0.1, 0.15) is 0 Å². The molecule has 3 rings (SSSR count). The first-order valence-corrected chi connectivity index (χ1v) is 9.25. The Morgan fingerprint density at radius 2 is 1.63 bits per heavy atom. The van der Waals surface area contributed by atoms with E-state index in [1.165, 1.54) is 0 Å². The molecule has 142 valence electrons. The Balaban J connectivity index is 1.58. The van der Waals surface area contributed by atoms with Crippen LogP contribution in [0.3, 0.4) is 0 Å². The highest BCUT2D eigenvalue weighted by atomic mass is 79.9. The number of phenolic OH excluding ortho intramolecular Hbond substituents is 3. The Bertz CT molecular complexity index is 855. The molecule has 27 heavy (non-hydrogen) atoms. The van der Waals surface area contributed by atoms with Crippen molar-refractivity contribution in [2.24, 2.45) is 0 Å². The number of aromatic hydroxyl groups is 3. The molecule has 8 heteroatoms. The maximum absolute atomic E-state index is 12.5. The lowest BCUT2D eigenvalue weighted by atomic mass is 10.0. The predicted molar refractivity (Wildman–Crippen MR) is 102 cm³/mol. The normalized spacial score (nSPS) is 14.8. The number of hydrogen-bond acceptors (Lipinski definition) is 5. The van der Waals surface area contributed by atoms with Gasteiger partial charge in [0.2, 0.25) is 0 Å². The lowest BCUT2D eigenvalue weighted by Gasteiger charge is -2.32. The summed E-state index contributed by atoms with van der Waals surface area (Å²) in [4.78, 5) is 26.4. The second kappa shape index (κ2) is 7.87. The second-order valence-corrected chi connectivity index (χ2v) is 7.33. The first-order valence-electron chi connectivity index (χ1n) is 8.46. The minimum absolute atomic E-state index is 0.0397. The van der Waals surface area contributed by atoms with Crippen LogP contribution in [-0.4, -0.2) is 51.2 Å². The molecule has 2 aromatic rings. The van der Waals surface area contributed by atoms with Crippen LogP contribution in [-0.2, 0) is 0 Å². The van der Waals surface area contributed by atoms with E-state index >= 15 is 0 Å². The summed E-state index contributed by atoms with van der Waals surface area (Å²) in [5, 5.41) is 31.5. The third-order valence-corrected chi connectivity index (χ3v) is 5.01. The summed E-state index contributed by atoms with van der Waals surface area (Å²) in [5.41, 5.74) is 0.664. The minimum atomic E-state index is -0.652. The van der Waals surface area contributed by atoms with E-state index in [1.807, 2.05) is 6.07 Å². The van der Waals surface area contributed by atoms with Gasteiger partial charge < -0.3 is 25.5 Å². The fraction of sp³-hybridized carbons (Fsp3) is 0.263. The highest BCUT2D eigenvalue weighted by Gasteiger charge is 2.26. The number of halogens is 1. The molecule has 1 fully saturated rings. The number of benzene rings is 2. The molecule has 0 aromatic heterocycles. The molecule has 0 saturated carbocycles. The van der Waals surface area contributed by atoms with E-state index in [0.29, 0.717) is 31.5 Å². The molecular weight excluding hydrogens is 416 g/mol. The maximum Gasteiger partial charge on any atom is 0.254 e. The van der Waals surface area contributed by atoms with Crippen molar-refractivity contribution >= 4 is 27.7 Å². The lowest BCUT2D eigenvalue weighted by molar-refractivity contribution is 0.0697. The summed E-state index contributed by atoms with van der Waals surface area (Å²) in [6, 6.07) is 9.34. The number of nitrogens with zero attached hydrogens (tertiary/aromatic N) is 1. The quantitative estimate of drug-likeness (QED) is 0.555. The molecule has 1 aliphatic heterocycles. The largest absolute Gasteiger partial charge is 0.504 e. The molecule has 1 heterocycles. The topological polar surface area (TPSA) is 110 Å². The fourth-order valence-electron chi connectivity index (χ4n) is 3.04. The Morgan fingerprint density at radius 1 is 1.00 bits per heavy atom. The number of piperidine rings is 1. The molecule has 2 aromatic carbocycles. The number of nitrogens with one attached hydrogen (secondary N) is 1. The van der Waals surface area contributed by atoms with Gasteiger partial charge in [-0.15, -0.1) is 0 Å². The van der Waals surface area contributed by atoms with Gasteiger partial charge in [0.05, 0.1) is 0 Å². The Kier molecular flexibility index (Phi) is 5.55. The van der Waals surface area contributed by atoms with E-state index in [1.54, 1.807) is 23.1 Å². The number of rotatable bonds is 3. The van der Waals surface area contributed by atoms with Crippen LogP contribution in [0.1, 0.15) is 33.6 Å². The second-order valence-electron chi connectivity index (χ2n) is 6.41. The van der Waals surface area contributed by atoms with Crippen LogP contribution in [0, 0.1) is 0 Å². The molecule has 0 aliphatic carbocycles. The molecule has 0 atom stereocenters. The van der Waals surface area contributed by atoms with Crippen molar-refractivity contribution in [2.75, 3.05) is 13.1 Å². The van der Waals surface area contributed by atoms with Gasteiger partial charge in [-0.2, -0.15) is 0 Å². The number of amides is 2. The zero-order chi connectivity index (χ0) is 19.6. The molecule has 0 radical (unpaired) electrons. The smallest absolute Gasteiger partial charge is 0.254 e. The SMILES string of the molecule is O=C(NC1CCN(C(=O)c2cc(O)c(O)c(O)c2)CC1)c1cccc(Br)c1. The van der Waals surface area contributed by atoms with Gasteiger partial charge in [0.15, 0.2) is 17.2 Å². The highest BCUT2D eigenvalue weighted by molar-refractivity contribution is 9.10. The number of phenols is 3. The molecule has 7 nitrogen and oxygen atoms in total. The van der Waals surface area contributed by atoms with Crippen LogP contribution in [0.15, 0.2) is 40.9 Å². The van der Waals surface area contributed by atoms with Crippen LogP contribution in [0.2, 0.25) is 0 Å². The van der Waals surface area contributed by atoms with Crippen molar-refractivity contribution in [3.8, 4) is 17.2 Å². The van der Waals surface area contributed by atoms with Crippen molar-refractivity contribution in [1.29, 1.82) is 0 Å². The van der Waals surface area contributed by atoms with Crippen LogP contribution in [0.4, 0.5) is 0 Å². The molecule has 1 saturated heterocycles. The Labute approximate surface area is 164 Å². The Morgan fingerprint density at radius 3 is 2.22 bits per heavy atom. The van der Waals surface area contributed by atoms with E-state index in [4.69, 9.17) is 0 Å². The summed E-state index contributed by atoms with van der Waals surface area (Å²) >= 11 is 3.34. The third kappa shape index (κ3) is 4.33. The predicted octanol–water partition coefficient (Wildman–Crippen LogP) is 2.60. The average molecular weight is 435 g/mol. The molecule has 4 N–H and O–H groups in total. The van der Waals surface area contributed by atoms with E-state index in [0.717, 1.165) is 16.6 Å². The van der Waals surface area contributed by atoms with Crippen LogP contribution >= 0.6 is 15.9 Å². The summed E-state index contributed by atoms with van der Waals surface area (Å²) < 4.78 is 0.830. The van der Waals surface area contributed by atoms with E-state index < -0.39 is 17.2 Å². The molecule has 0 spiro atoms. The minimum Gasteiger partial charge on any atom is -0.504 e. The van der Waals surface area contributed by atoms with Gasteiger partial charge in [-0.25, -0.2) is 0 Å². The lowest BCUT2D eigenvalue weighted by Crippen LogP contribution is -2.46. The van der Waals surface area contributed by atoms with Gasteiger partial charge in [-0.05, 0) is 43.2 Å². The molecule has 0 unspecified atom stereocenters. The Hall–Kier alpha value is -2.74. The number of carbonyl (C=O) groups excluding carboxylic acids is 2. The van der Waals surface area contributed by atoms with Gasteiger partial charge in [0.25, 0.3) is 11.8 Å². The standard InChI is InChI=1S/C19H19BrN2O5/c20-13-3-1-2-11(8-13)18(26)21-14-4-6-22(7-5-14)19(27)12-9-15(23)17(25)16(24)10-12/h1-3,8-10,14,23-25H,4-7H2,(H,21,26). The van der Waals surface area contributed by atoms with Gasteiger partial charge >= 0.3 is 0 Å². The average Bonchev–Trinajstić information content (AvgIpc) is 2.65. The molecule has 1 aliphatic rings. The van der Waals surface area contributed by atoms with Gasteiger partial charge in [0, 0.05) is 34.7 Å². The highest BCUT2D eigenvalue weighted by Crippen LogP contribution is 2.35. The van der Waals surface area contributed by atoms with Crippen molar-refractivity contribution < 1.29 is 24.9 Å². The van der Waals surface area contributed by atoms with Crippen molar-refractivity contribution in [3.63, 3.8) is 0 Å². The number of likely N-dealkylation sites (tertiary alicyclic amines) is 1. The zero-order valence-corrected chi connectivity index (χ0v) is 15.9. The van der Waals surface area contributed by atoms with Crippen LogP contribution in [0.25, 0.3) is 0 Å².